The Morgan fingerprint density at radius 1 is 1.36 bits per heavy atom. The Labute approximate surface area is 167 Å². The van der Waals surface area contributed by atoms with E-state index in [0.717, 1.165) is 17.3 Å². The number of aryl methyl sites for hydroxylation is 1. The minimum atomic E-state index is -2.66. The normalized spacial score (nSPS) is 22.0. The van der Waals surface area contributed by atoms with Crippen molar-refractivity contribution in [2.75, 3.05) is 0 Å². The monoisotopic (exact) mass is 414 g/mol. The number of amidine groups is 1. The Morgan fingerprint density at radius 3 is 2.57 bits per heavy atom. The van der Waals surface area contributed by atoms with Crippen molar-refractivity contribution in [2.24, 2.45) is 4.99 Å². The second kappa shape index (κ2) is 8.19. The van der Waals surface area contributed by atoms with Gasteiger partial charge in [-0.05, 0) is 47.6 Å². The van der Waals surface area contributed by atoms with Crippen LogP contribution in [0.3, 0.4) is 0 Å². The number of alkyl halides is 2. The summed E-state index contributed by atoms with van der Waals surface area (Å²) < 4.78 is 46.4. The lowest BCUT2D eigenvalue weighted by Gasteiger charge is -2.33. The van der Waals surface area contributed by atoms with Gasteiger partial charge in [0.1, 0.15) is 11.4 Å². The molecule has 0 saturated carbocycles. The summed E-state index contributed by atoms with van der Waals surface area (Å²) in [5, 5.41) is 2.60. The molecule has 0 aromatic heterocycles. The topological polar surface area (TPSA) is 50.7 Å². The van der Waals surface area contributed by atoms with E-state index in [-0.39, 0.29) is 22.7 Å². The molecule has 0 bridgehead atoms. The largest absolute Gasteiger partial charge is 0.444 e. The summed E-state index contributed by atoms with van der Waals surface area (Å²) in [4.78, 5) is 17.0. The number of allylic oxidation sites excluding steroid dienone is 1. The molecule has 0 aliphatic carbocycles. The maximum absolute atomic E-state index is 14.5. The minimum absolute atomic E-state index is 0.0962. The Bertz CT molecular complexity index is 831. The standard InChI is InChI=1S/C20H25F3N2O2S/c1-11-7-8-14(21)13(9-11)20(6)10-15(12(2)16(22)23)28-17(25-20)24-18(26)27-19(3,4)5/h7-9,16H,10H2,1-6H3,(H,24,25,26)/b15-12-/t20-/m0/s1. The van der Waals surface area contributed by atoms with Crippen molar-refractivity contribution in [3.8, 4) is 0 Å². The van der Waals surface area contributed by atoms with E-state index in [1.165, 1.54) is 13.0 Å². The Hall–Kier alpha value is -1.96. The lowest BCUT2D eigenvalue weighted by Crippen LogP contribution is -2.38. The number of carbonyl (C=O) groups is 1. The van der Waals surface area contributed by atoms with E-state index >= 15 is 0 Å². The molecule has 1 atom stereocenters. The summed E-state index contributed by atoms with van der Waals surface area (Å²) in [5.41, 5.74) is -0.882. The second-order valence-corrected chi connectivity index (χ2v) is 9.07. The maximum atomic E-state index is 14.5. The SMILES string of the molecule is C/C(=C1\C[C@@](C)(c2cc(C)ccc2F)N=C(NC(=O)OC(C)(C)C)S1)C(F)F. The summed E-state index contributed by atoms with van der Waals surface area (Å²) in [5.74, 6) is -0.477. The lowest BCUT2D eigenvalue weighted by atomic mass is 9.87. The van der Waals surface area contributed by atoms with Crippen LogP contribution in [-0.2, 0) is 10.3 Å². The first kappa shape index (κ1) is 22.3. The molecule has 0 spiro atoms. The van der Waals surface area contributed by atoms with Gasteiger partial charge >= 0.3 is 6.09 Å². The summed E-state index contributed by atoms with van der Waals surface area (Å²) in [6, 6.07) is 4.61. The highest BCUT2D eigenvalue weighted by molar-refractivity contribution is 8.17. The third kappa shape index (κ3) is 5.53. The molecular formula is C20H25F3N2O2S. The lowest BCUT2D eigenvalue weighted by molar-refractivity contribution is 0.0564. The van der Waals surface area contributed by atoms with Gasteiger partial charge in [0.2, 0.25) is 0 Å². The first-order chi connectivity index (χ1) is 12.8. The molecule has 0 fully saturated rings. The van der Waals surface area contributed by atoms with Crippen LogP contribution < -0.4 is 5.32 Å². The van der Waals surface area contributed by atoms with Crippen LogP contribution in [0, 0.1) is 12.7 Å². The fraction of sp³-hybridized carbons (Fsp3) is 0.500. The smallest absolute Gasteiger partial charge is 0.413 e. The van der Waals surface area contributed by atoms with Crippen molar-refractivity contribution in [3.05, 3.63) is 45.6 Å². The molecule has 1 aromatic rings. The molecule has 1 aromatic carbocycles. The van der Waals surface area contributed by atoms with Gasteiger partial charge in [0.05, 0.1) is 5.54 Å². The number of ether oxygens (including phenoxy) is 1. The van der Waals surface area contributed by atoms with Crippen LogP contribution in [0.25, 0.3) is 0 Å². The molecule has 1 aliphatic heterocycles. The molecule has 0 radical (unpaired) electrons. The average molecular weight is 414 g/mol. The summed E-state index contributed by atoms with van der Waals surface area (Å²) in [7, 11) is 0. The highest BCUT2D eigenvalue weighted by atomic mass is 32.2. The van der Waals surface area contributed by atoms with Gasteiger partial charge in [-0.2, -0.15) is 0 Å². The zero-order valence-corrected chi connectivity index (χ0v) is 17.6. The van der Waals surface area contributed by atoms with E-state index in [1.54, 1.807) is 39.8 Å². The maximum Gasteiger partial charge on any atom is 0.413 e. The van der Waals surface area contributed by atoms with Crippen molar-refractivity contribution in [1.82, 2.24) is 5.32 Å². The quantitative estimate of drug-likeness (QED) is 0.655. The van der Waals surface area contributed by atoms with Crippen molar-refractivity contribution in [1.29, 1.82) is 0 Å². The zero-order valence-electron chi connectivity index (χ0n) is 16.8. The molecule has 1 aliphatic rings. The average Bonchev–Trinajstić information content (AvgIpc) is 2.53. The van der Waals surface area contributed by atoms with Crippen LogP contribution in [0.15, 0.2) is 33.7 Å². The highest BCUT2D eigenvalue weighted by Crippen LogP contribution is 2.44. The van der Waals surface area contributed by atoms with Crippen LogP contribution in [0.1, 0.15) is 52.2 Å². The number of benzene rings is 1. The molecule has 0 unspecified atom stereocenters. The number of alkyl carbamates (subject to hydrolysis) is 1. The zero-order chi connectivity index (χ0) is 21.3. The van der Waals surface area contributed by atoms with Crippen molar-refractivity contribution < 1.29 is 22.7 Å². The number of nitrogens with one attached hydrogen (secondary N) is 1. The van der Waals surface area contributed by atoms with Crippen LogP contribution in [0.2, 0.25) is 0 Å². The Balaban J connectivity index is 2.49. The van der Waals surface area contributed by atoms with E-state index in [1.807, 2.05) is 6.92 Å². The predicted octanol–water partition coefficient (Wildman–Crippen LogP) is 5.91. The molecule has 1 N–H and O–H groups in total. The number of halogens is 3. The summed E-state index contributed by atoms with van der Waals surface area (Å²) in [6.45, 7) is 9.94. The third-order valence-corrected chi connectivity index (χ3v) is 5.25. The predicted molar refractivity (Wildman–Crippen MR) is 106 cm³/mol. The first-order valence-electron chi connectivity index (χ1n) is 8.83. The number of rotatable bonds is 2. The van der Waals surface area contributed by atoms with E-state index < -0.39 is 29.5 Å². The fourth-order valence-electron chi connectivity index (χ4n) is 2.75. The summed E-state index contributed by atoms with van der Waals surface area (Å²) in [6.07, 6.45) is -3.30. The van der Waals surface area contributed by atoms with Gasteiger partial charge in [-0.15, -0.1) is 0 Å². The van der Waals surface area contributed by atoms with E-state index in [0.29, 0.717) is 4.91 Å². The summed E-state index contributed by atoms with van der Waals surface area (Å²) >= 11 is 0.945. The number of carbonyl (C=O) groups excluding carboxylic acids is 1. The molecule has 8 heteroatoms. The second-order valence-electron chi connectivity index (χ2n) is 7.99. The van der Waals surface area contributed by atoms with Gasteiger partial charge in [0.25, 0.3) is 6.43 Å². The molecule has 1 heterocycles. The van der Waals surface area contributed by atoms with Gasteiger partial charge in [0.15, 0.2) is 5.17 Å². The van der Waals surface area contributed by atoms with Crippen LogP contribution >= 0.6 is 11.8 Å². The molecule has 1 amide bonds. The first-order valence-corrected chi connectivity index (χ1v) is 9.64. The van der Waals surface area contributed by atoms with Gasteiger partial charge in [-0.3, -0.25) is 10.3 Å². The minimum Gasteiger partial charge on any atom is -0.444 e. The third-order valence-electron chi connectivity index (χ3n) is 4.15. The number of hydrogen-bond acceptors (Lipinski definition) is 4. The molecule has 28 heavy (non-hydrogen) atoms. The van der Waals surface area contributed by atoms with E-state index in [9.17, 15) is 18.0 Å². The number of hydrogen-bond donors (Lipinski definition) is 1. The van der Waals surface area contributed by atoms with Crippen LogP contribution in [0.4, 0.5) is 18.0 Å². The number of aliphatic imine (C=N–C) groups is 1. The molecule has 0 saturated heterocycles. The van der Waals surface area contributed by atoms with Crippen molar-refractivity contribution >= 4 is 23.0 Å². The van der Waals surface area contributed by atoms with Gasteiger partial charge < -0.3 is 4.74 Å². The molecule has 2 rings (SSSR count). The highest BCUT2D eigenvalue weighted by Gasteiger charge is 2.37. The Kier molecular flexibility index (Phi) is 6.53. The van der Waals surface area contributed by atoms with Gasteiger partial charge in [-0.1, -0.05) is 29.5 Å². The van der Waals surface area contributed by atoms with E-state index in [4.69, 9.17) is 4.74 Å². The fourth-order valence-corrected chi connectivity index (χ4v) is 3.96. The van der Waals surface area contributed by atoms with Gasteiger partial charge in [0, 0.05) is 22.5 Å². The van der Waals surface area contributed by atoms with Gasteiger partial charge in [-0.25, -0.2) is 18.0 Å². The molecule has 154 valence electrons. The number of nitrogens with zero attached hydrogens (tertiary/aromatic N) is 1. The van der Waals surface area contributed by atoms with Crippen molar-refractivity contribution in [3.63, 3.8) is 0 Å². The van der Waals surface area contributed by atoms with Crippen LogP contribution in [-0.4, -0.2) is 23.3 Å². The number of amides is 1. The molecule has 4 nitrogen and oxygen atoms in total. The number of thioether (sulfide) groups is 1. The van der Waals surface area contributed by atoms with Crippen molar-refractivity contribution in [2.45, 2.75) is 65.5 Å². The van der Waals surface area contributed by atoms with E-state index in [2.05, 4.69) is 10.3 Å². The Morgan fingerprint density at radius 2 is 2.00 bits per heavy atom. The van der Waals surface area contributed by atoms with Crippen LogP contribution in [0.5, 0.6) is 0 Å². The molecular weight excluding hydrogens is 389 g/mol.